The van der Waals surface area contributed by atoms with E-state index < -0.39 is 47.2 Å². The highest BCUT2D eigenvalue weighted by Crippen LogP contribution is 2.31. The molecule has 0 bridgehead atoms. The second kappa shape index (κ2) is 21.1. The van der Waals surface area contributed by atoms with Crippen molar-refractivity contribution >= 4 is 64.0 Å². The number of carbonyl (C=O) groups excluding carboxylic acids is 6. The number of piperazine rings is 1. The Balaban J connectivity index is 0.806. The lowest BCUT2D eigenvalue weighted by Gasteiger charge is -2.36. The quantitative estimate of drug-likeness (QED) is 0.0309. The van der Waals surface area contributed by atoms with E-state index in [1.54, 1.807) is 42.5 Å². The molecule has 4 aliphatic rings. The van der Waals surface area contributed by atoms with Crippen LogP contribution >= 0.6 is 0 Å². The third kappa shape index (κ3) is 11.3. The number of piperidine rings is 1. The fourth-order valence-corrected chi connectivity index (χ4v) is 8.93. The summed E-state index contributed by atoms with van der Waals surface area (Å²) in [5, 5.41) is 12.0. The molecule has 19 heteroatoms. The number of rotatable bonds is 16. The first-order chi connectivity index (χ1) is 32.8. The summed E-state index contributed by atoms with van der Waals surface area (Å²) in [5.41, 5.74) is 17.3. The van der Waals surface area contributed by atoms with E-state index in [1.165, 1.54) is 12.1 Å². The second-order valence-electron chi connectivity index (χ2n) is 17.4. The van der Waals surface area contributed by atoms with E-state index in [0.29, 0.717) is 98.2 Å². The first-order valence-corrected chi connectivity index (χ1v) is 22.8. The molecule has 4 aromatic rings. The number of amides is 6. The van der Waals surface area contributed by atoms with Crippen LogP contribution in [0, 0.1) is 11.6 Å². The Morgan fingerprint density at radius 3 is 2.28 bits per heavy atom. The lowest BCUT2D eigenvalue weighted by molar-refractivity contribution is -0.136. The maximum Gasteiger partial charge on any atom is 0.281 e. The summed E-state index contributed by atoms with van der Waals surface area (Å²) in [6, 6.07) is 17.8. The van der Waals surface area contributed by atoms with Crippen LogP contribution in [0.4, 0.5) is 31.5 Å². The van der Waals surface area contributed by atoms with E-state index in [9.17, 15) is 37.5 Å². The Bertz CT molecular complexity index is 2630. The maximum atomic E-state index is 13.9. The fraction of sp³-hybridized carbons (Fsp3) is 0.367. The molecular formula is C49H54F2N10O7. The van der Waals surface area contributed by atoms with Crippen molar-refractivity contribution in [1.82, 2.24) is 20.4 Å². The second-order valence-corrected chi connectivity index (χ2v) is 17.4. The number of nitrogens with zero attached hydrogens (tertiary/aromatic N) is 4. The van der Waals surface area contributed by atoms with Crippen molar-refractivity contribution in [2.24, 2.45) is 10.7 Å². The van der Waals surface area contributed by atoms with E-state index in [4.69, 9.17) is 16.2 Å². The molecular weight excluding hydrogens is 879 g/mol. The van der Waals surface area contributed by atoms with E-state index in [-0.39, 0.29) is 54.7 Å². The van der Waals surface area contributed by atoms with Gasteiger partial charge in [-0.25, -0.2) is 8.78 Å². The van der Waals surface area contributed by atoms with Gasteiger partial charge in [0, 0.05) is 99.3 Å². The summed E-state index contributed by atoms with van der Waals surface area (Å²) >= 11 is 0. The van der Waals surface area contributed by atoms with Crippen molar-refractivity contribution in [3.63, 3.8) is 0 Å². The molecule has 68 heavy (non-hydrogen) atoms. The average Bonchev–Trinajstić information content (AvgIpc) is 3.55. The number of nitrogens with one attached hydrogen (secondary N) is 4. The van der Waals surface area contributed by atoms with Gasteiger partial charge in [-0.3, -0.25) is 43.9 Å². The number of nitrogens with two attached hydrogens (primary N) is 2. The summed E-state index contributed by atoms with van der Waals surface area (Å²) < 4.78 is 33.3. The summed E-state index contributed by atoms with van der Waals surface area (Å²) in [6.45, 7) is 5.11. The number of ether oxygens (including phenoxy) is 1. The molecule has 6 amide bonds. The number of carbonyl (C=O) groups is 6. The minimum absolute atomic E-state index is 0.0518. The molecule has 4 aromatic carbocycles. The van der Waals surface area contributed by atoms with Gasteiger partial charge >= 0.3 is 0 Å². The van der Waals surface area contributed by atoms with Crippen molar-refractivity contribution in [2.75, 3.05) is 80.3 Å². The predicted octanol–water partition coefficient (Wildman–Crippen LogP) is 3.81. The fourth-order valence-electron chi connectivity index (χ4n) is 8.93. The molecule has 0 radical (unpaired) electrons. The van der Waals surface area contributed by atoms with Gasteiger partial charge in [-0.05, 0) is 110 Å². The summed E-state index contributed by atoms with van der Waals surface area (Å²) in [4.78, 5) is 86.3. The van der Waals surface area contributed by atoms with Crippen LogP contribution in [-0.2, 0) is 25.5 Å². The molecule has 0 aromatic heterocycles. The van der Waals surface area contributed by atoms with Gasteiger partial charge < -0.3 is 37.1 Å². The summed E-state index contributed by atoms with van der Waals surface area (Å²) in [7, 11) is 0. The van der Waals surface area contributed by atoms with Crippen LogP contribution < -0.4 is 37.6 Å². The van der Waals surface area contributed by atoms with Gasteiger partial charge in [0.25, 0.3) is 17.7 Å². The molecule has 1 unspecified atom stereocenters. The number of hydrogen-bond donors (Lipinski definition) is 6. The zero-order chi connectivity index (χ0) is 47.9. The number of benzene rings is 4. The van der Waals surface area contributed by atoms with Gasteiger partial charge in [0.15, 0.2) is 0 Å². The monoisotopic (exact) mass is 932 g/mol. The van der Waals surface area contributed by atoms with Crippen LogP contribution in [0.15, 0.2) is 77.8 Å². The highest BCUT2D eigenvalue weighted by Gasteiger charge is 2.44. The number of unbranched alkanes of at least 4 members (excludes halogenated alkanes) is 1. The summed E-state index contributed by atoms with van der Waals surface area (Å²) in [5.74, 6) is -4.29. The predicted molar refractivity (Wildman–Crippen MR) is 251 cm³/mol. The SMILES string of the molecule is NC(=NC(=O)c1ccc(N2CCN(CC(=O)NCCCCNc3ccc4c(c3)C(=O)N(C3CCC(=O)NC3=O)C4=O)CC2)cc1NC1CCOCC1)c1cc(Cc2cc(F)cc(F)c2)ccc1N. The Labute approximate surface area is 391 Å². The van der Waals surface area contributed by atoms with E-state index in [1.807, 2.05) is 12.1 Å². The number of fused-ring (bicyclic) bond motifs is 1. The molecule has 4 aliphatic heterocycles. The van der Waals surface area contributed by atoms with Crippen molar-refractivity contribution < 1.29 is 42.3 Å². The van der Waals surface area contributed by atoms with Crippen molar-refractivity contribution in [1.29, 1.82) is 0 Å². The maximum absolute atomic E-state index is 13.9. The minimum atomic E-state index is -1.02. The van der Waals surface area contributed by atoms with Crippen LogP contribution in [0.5, 0.6) is 0 Å². The topological polar surface area (TPSA) is 234 Å². The normalized spacial score (nSPS) is 18.1. The Kier molecular flexibility index (Phi) is 14.7. The molecule has 8 N–H and O–H groups in total. The molecule has 3 saturated heterocycles. The van der Waals surface area contributed by atoms with Crippen LogP contribution in [0.2, 0.25) is 0 Å². The first kappa shape index (κ1) is 47.3. The lowest BCUT2D eigenvalue weighted by atomic mass is 10.0. The molecule has 1 atom stereocenters. The molecule has 4 heterocycles. The number of aliphatic imine (C=N–C) groups is 1. The molecule has 0 aliphatic carbocycles. The van der Waals surface area contributed by atoms with Crippen LogP contribution in [0.3, 0.4) is 0 Å². The Hall–Kier alpha value is -7.25. The third-order valence-corrected chi connectivity index (χ3v) is 12.6. The number of amidine groups is 1. The van der Waals surface area contributed by atoms with Crippen molar-refractivity contribution in [2.45, 2.75) is 57.0 Å². The smallest absolute Gasteiger partial charge is 0.281 e. The zero-order valence-electron chi connectivity index (χ0n) is 37.5. The van der Waals surface area contributed by atoms with Crippen LogP contribution in [0.1, 0.15) is 86.3 Å². The zero-order valence-corrected chi connectivity index (χ0v) is 37.5. The van der Waals surface area contributed by atoms with E-state index >= 15 is 0 Å². The van der Waals surface area contributed by atoms with Gasteiger partial charge in [-0.15, -0.1) is 0 Å². The van der Waals surface area contributed by atoms with Gasteiger partial charge in [-0.2, -0.15) is 4.99 Å². The summed E-state index contributed by atoms with van der Waals surface area (Å²) in [6.07, 6.45) is 3.31. The largest absolute Gasteiger partial charge is 0.398 e. The van der Waals surface area contributed by atoms with Gasteiger partial charge in [0.2, 0.25) is 17.7 Å². The molecule has 8 rings (SSSR count). The molecule has 17 nitrogen and oxygen atoms in total. The number of nitrogen functional groups attached to an aromatic ring is 1. The molecule has 0 saturated carbocycles. The number of anilines is 4. The van der Waals surface area contributed by atoms with E-state index in [2.05, 4.69) is 36.1 Å². The Morgan fingerprint density at radius 1 is 0.794 bits per heavy atom. The van der Waals surface area contributed by atoms with Crippen LogP contribution in [0.25, 0.3) is 0 Å². The highest BCUT2D eigenvalue weighted by molar-refractivity contribution is 6.23. The van der Waals surface area contributed by atoms with Gasteiger partial charge in [0.1, 0.15) is 23.5 Å². The first-order valence-electron chi connectivity index (χ1n) is 22.8. The van der Waals surface area contributed by atoms with Gasteiger partial charge in [0.05, 0.1) is 23.2 Å². The number of hydrogen-bond acceptors (Lipinski definition) is 12. The number of imide groups is 2. The van der Waals surface area contributed by atoms with Gasteiger partial charge in [-0.1, -0.05) is 6.07 Å². The van der Waals surface area contributed by atoms with Crippen molar-refractivity contribution in [3.05, 3.63) is 118 Å². The molecule has 356 valence electrons. The molecule has 0 spiro atoms. The minimum Gasteiger partial charge on any atom is -0.398 e. The lowest BCUT2D eigenvalue weighted by Crippen LogP contribution is -2.54. The van der Waals surface area contributed by atoms with Crippen molar-refractivity contribution in [3.8, 4) is 0 Å². The third-order valence-electron chi connectivity index (χ3n) is 12.6. The standard InChI is InChI=1S/C49H54F2N10O7/c50-31-22-30(23-32(51)25-31)21-29-3-8-40(52)39(24-29)45(53)58-46(64)37-7-5-35(27-41(37)56-33-11-19-68-20-12-33)60-17-15-59(16-18-60)28-44(63)55-14-2-1-13-54-34-4-6-36-38(26-34)49(67)61(48(36)66)42-9-10-43(62)57-47(42)65/h3-8,22-27,33,42,54,56H,1-2,9-21,28,52H2,(H,55,63)(H2,53,58,64)(H,57,62,65). The molecule has 3 fully saturated rings. The number of halogens is 2. The average molecular weight is 933 g/mol. The van der Waals surface area contributed by atoms with E-state index in [0.717, 1.165) is 35.9 Å². The highest BCUT2D eigenvalue weighted by atomic mass is 19.1. The Morgan fingerprint density at radius 2 is 1.53 bits per heavy atom. The van der Waals surface area contributed by atoms with Crippen LogP contribution in [-0.4, -0.2) is 122 Å².